The van der Waals surface area contributed by atoms with E-state index < -0.39 is 97.5 Å². The standard InChI is InChI=1S/C83H162O17P2/c1-7-10-12-14-16-18-20-22-24-26-28-30-32-34-36-41-49-55-61-67-82(87)99-78(71-93-80(85)65-59-53-47-40-35-33-31-29-27-25-23-21-19-17-15-13-11-8-2)73-97-101(89,90)95-69-77(84)70-96-102(91,92)98-74-79(72-94-81(86)66-60-54-48-44-43-46-52-58-64-76(6)9-3)100-83(88)68-62-56-50-42-38-37-39-45-51-57-63-75(4)5/h75-79,84H,7-74H2,1-6H3,(H,89,90)(H,91,92)/t76?,77-,78-,79-/m1/s1. The van der Waals surface area contributed by atoms with E-state index in [-0.39, 0.29) is 25.7 Å². The third kappa shape index (κ3) is 74.9. The van der Waals surface area contributed by atoms with Crippen LogP contribution in [0.4, 0.5) is 0 Å². The first-order valence-corrected chi connectivity index (χ1v) is 46.0. The highest BCUT2D eigenvalue weighted by Gasteiger charge is 2.30. The third-order valence-electron chi connectivity index (χ3n) is 19.8. The van der Waals surface area contributed by atoms with Gasteiger partial charge in [0.2, 0.25) is 0 Å². The molecular weight excluding hydrogens is 1330 g/mol. The average Bonchev–Trinajstić information content (AvgIpc) is 0.909. The fraction of sp³-hybridized carbons (Fsp3) is 0.952. The molecule has 0 radical (unpaired) electrons. The van der Waals surface area contributed by atoms with Crippen LogP contribution < -0.4 is 0 Å². The number of esters is 4. The van der Waals surface area contributed by atoms with Crippen LogP contribution in [0.25, 0.3) is 0 Å². The van der Waals surface area contributed by atoms with Gasteiger partial charge in [-0.1, -0.05) is 388 Å². The molecule has 0 rings (SSSR count). The zero-order chi connectivity index (χ0) is 74.9. The molecule has 0 amide bonds. The lowest BCUT2D eigenvalue weighted by atomic mass is 9.99. The molecular formula is C83H162O17P2. The van der Waals surface area contributed by atoms with Crippen LogP contribution in [0.1, 0.15) is 440 Å². The van der Waals surface area contributed by atoms with E-state index in [4.69, 9.17) is 37.0 Å². The monoisotopic (exact) mass is 1490 g/mol. The van der Waals surface area contributed by atoms with Crippen molar-refractivity contribution in [2.45, 2.75) is 458 Å². The van der Waals surface area contributed by atoms with Gasteiger partial charge in [0.1, 0.15) is 19.3 Å². The third-order valence-corrected chi connectivity index (χ3v) is 21.7. The summed E-state index contributed by atoms with van der Waals surface area (Å²) in [5.74, 6) is -0.577. The maximum atomic E-state index is 13.1. The van der Waals surface area contributed by atoms with E-state index >= 15 is 0 Å². The van der Waals surface area contributed by atoms with E-state index in [0.717, 1.165) is 102 Å². The van der Waals surface area contributed by atoms with Gasteiger partial charge in [-0.2, -0.15) is 0 Å². The van der Waals surface area contributed by atoms with E-state index in [1.807, 2.05) is 0 Å². The molecule has 0 aliphatic heterocycles. The zero-order valence-corrected chi connectivity index (χ0v) is 68.7. The number of aliphatic hydroxyl groups excluding tert-OH is 1. The number of carbonyl (C=O) groups is 4. The number of hydrogen-bond acceptors (Lipinski definition) is 15. The van der Waals surface area contributed by atoms with Gasteiger partial charge in [0.25, 0.3) is 0 Å². The lowest BCUT2D eigenvalue weighted by molar-refractivity contribution is -0.161. The molecule has 19 heteroatoms. The number of rotatable bonds is 82. The Bertz CT molecular complexity index is 1960. The van der Waals surface area contributed by atoms with Crippen molar-refractivity contribution in [1.82, 2.24) is 0 Å². The number of aliphatic hydroxyl groups is 1. The van der Waals surface area contributed by atoms with Crippen molar-refractivity contribution in [3.8, 4) is 0 Å². The summed E-state index contributed by atoms with van der Waals surface area (Å²) in [4.78, 5) is 73.1. The summed E-state index contributed by atoms with van der Waals surface area (Å²) in [7, 11) is -9.92. The zero-order valence-electron chi connectivity index (χ0n) is 66.9. The van der Waals surface area contributed by atoms with Gasteiger partial charge in [-0.25, -0.2) is 9.13 Å². The molecule has 0 spiro atoms. The maximum absolute atomic E-state index is 13.1. The second-order valence-corrected chi connectivity index (χ2v) is 33.5. The molecule has 0 aromatic rings. The molecule has 102 heavy (non-hydrogen) atoms. The largest absolute Gasteiger partial charge is 0.472 e. The van der Waals surface area contributed by atoms with Gasteiger partial charge < -0.3 is 33.8 Å². The van der Waals surface area contributed by atoms with E-state index in [0.29, 0.717) is 25.7 Å². The van der Waals surface area contributed by atoms with E-state index in [2.05, 4.69) is 41.5 Å². The fourth-order valence-corrected chi connectivity index (χ4v) is 14.4. The molecule has 0 saturated heterocycles. The Morgan fingerprint density at radius 3 is 0.745 bits per heavy atom. The second-order valence-electron chi connectivity index (χ2n) is 30.6. The van der Waals surface area contributed by atoms with Crippen molar-refractivity contribution in [2.75, 3.05) is 39.6 Å². The molecule has 0 aromatic carbocycles. The molecule has 17 nitrogen and oxygen atoms in total. The van der Waals surface area contributed by atoms with Crippen LogP contribution in [0.15, 0.2) is 0 Å². The first kappa shape index (κ1) is 100. The summed E-state index contributed by atoms with van der Waals surface area (Å²) >= 11 is 0. The summed E-state index contributed by atoms with van der Waals surface area (Å²) in [6.45, 7) is 9.64. The normalized spacial score (nSPS) is 14.1. The van der Waals surface area contributed by atoms with Crippen molar-refractivity contribution >= 4 is 39.5 Å². The van der Waals surface area contributed by atoms with Crippen LogP contribution in [0.5, 0.6) is 0 Å². The molecule has 606 valence electrons. The highest BCUT2D eigenvalue weighted by atomic mass is 31.2. The Morgan fingerprint density at radius 1 is 0.284 bits per heavy atom. The van der Waals surface area contributed by atoms with Crippen LogP contribution >= 0.6 is 15.6 Å². The number of ether oxygens (including phenoxy) is 4. The fourth-order valence-electron chi connectivity index (χ4n) is 12.9. The van der Waals surface area contributed by atoms with Gasteiger partial charge in [0, 0.05) is 25.7 Å². The minimum atomic E-state index is -4.96. The van der Waals surface area contributed by atoms with Gasteiger partial charge in [0.05, 0.1) is 26.4 Å². The van der Waals surface area contributed by atoms with Crippen molar-refractivity contribution in [1.29, 1.82) is 0 Å². The second kappa shape index (κ2) is 74.5. The molecule has 0 aliphatic rings. The Morgan fingerprint density at radius 2 is 0.500 bits per heavy atom. The first-order chi connectivity index (χ1) is 49.4. The van der Waals surface area contributed by atoms with Crippen molar-refractivity contribution < 1.29 is 80.2 Å². The average molecular weight is 1490 g/mol. The van der Waals surface area contributed by atoms with Crippen molar-refractivity contribution in [3.63, 3.8) is 0 Å². The van der Waals surface area contributed by atoms with Crippen LogP contribution in [0.2, 0.25) is 0 Å². The molecule has 0 fully saturated rings. The first-order valence-electron chi connectivity index (χ1n) is 43.0. The van der Waals surface area contributed by atoms with E-state index in [1.165, 1.54) is 257 Å². The topological polar surface area (TPSA) is 237 Å². The predicted molar refractivity (Wildman–Crippen MR) is 418 cm³/mol. The molecule has 0 heterocycles. The predicted octanol–water partition coefficient (Wildman–Crippen LogP) is 25.1. The summed E-state index contributed by atoms with van der Waals surface area (Å²) in [5, 5.41) is 10.7. The minimum Gasteiger partial charge on any atom is -0.462 e. The Labute approximate surface area is 626 Å². The smallest absolute Gasteiger partial charge is 0.462 e. The number of hydrogen-bond donors (Lipinski definition) is 3. The molecule has 0 aliphatic carbocycles. The summed E-state index contributed by atoms with van der Waals surface area (Å²) in [6.07, 6.45) is 65.2. The van der Waals surface area contributed by atoms with Gasteiger partial charge in [-0.3, -0.25) is 37.3 Å². The maximum Gasteiger partial charge on any atom is 0.472 e. The highest BCUT2D eigenvalue weighted by Crippen LogP contribution is 2.45. The SMILES string of the molecule is CCCCCCCCCCCCCCCCCCCCCC(=O)O[C@H](COC(=O)CCCCCCCCCCCCCCCCCCCC)COP(=O)(O)OC[C@@H](O)COP(=O)(O)OC[C@@H](COC(=O)CCCCCCCCCCC(C)CC)OC(=O)CCCCCCCCCCCCC(C)C. The van der Waals surface area contributed by atoms with Crippen molar-refractivity contribution in [2.24, 2.45) is 11.8 Å². The Kier molecular flexibility index (Phi) is 73.1. The lowest BCUT2D eigenvalue weighted by Gasteiger charge is -2.21. The van der Waals surface area contributed by atoms with E-state index in [1.54, 1.807) is 0 Å². The molecule has 3 N–H and O–H groups in total. The summed E-state index contributed by atoms with van der Waals surface area (Å²) < 4.78 is 68.8. The van der Waals surface area contributed by atoms with Gasteiger partial charge in [-0.15, -0.1) is 0 Å². The number of unbranched alkanes of at least 4 members (excludes halogenated alkanes) is 51. The Balaban J connectivity index is 5.25. The lowest BCUT2D eigenvalue weighted by Crippen LogP contribution is -2.30. The molecule has 0 bridgehead atoms. The van der Waals surface area contributed by atoms with Gasteiger partial charge in [0.15, 0.2) is 12.2 Å². The number of phosphoric acid groups is 2. The van der Waals surface area contributed by atoms with Crippen LogP contribution in [-0.2, 0) is 65.4 Å². The molecule has 0 aromatic heterocycles. The van der Waals surface area contributed by atoms with Crippen LogP contribution in [0, 0.1) is 11.8 Å². The molecule has 0 saturated carbocycles. The van der Waals surface area contributed by atoms with Gasteiger partial charge in [-0.05, 0) is 37.5 Å². The molecule has 6 atom stereocenters. The number of phosphoric ester groups is 2. The molecule has 3 unspecified atom stereocenters. The highest BCUT2D eigenvalue weighted by molar-refractivity contribution is 7.47. The van der Waals surface area contributed by atoms with E-state index in [9.17, 15) is 43.2 Å². The van der Waals surface area contributed by atoms with Crippen LogP contribution in [-0.4, -0.2) is 96.7 Å². The van der Waals surface area contributed by atoms with Crippen molar-refractivity contribution in [3.05, 3.63) is 0 Å². The minimum absolute atomic E-state index is 0.106. The quantitative estimate of drug-likeness (QED) is 0.0222. The summed E-state index contributed by atoms with van der Waals surface area (Å²) in [6, 6.07) is 0. The number of carbonyl (C=O) groups excluding carboxylic acids is 4. The van der Waals surface area contributed by atoms with Crippen LogP contribution in [0.3, 0.4) is 0 Å². The summed E-state index contributed by atoms with van der Waals surface area (Å²) in [5.41, 5.74) is 0. The Hall–Kier alpha value is -1.94. The van der Waals surface area contributed by atoms with Gasteiger partial charge >= 0.3 is 39.5 Å².